The Kier molecular flexibility index (Phi) is 5.03. The summed E-state index contributed by atoms with van der Waals surface area (Å²) in [6.45, 7) is 2.76. The van der Waals surface area contributed by atoms with Gasteiger partial charge in [0.1, 0.15) is 6.04 Å². The molecular formula is C9H14IN3O2. The highest BCUT2D eigenvalue weighted by atomic mass is 127. The van der Waals surface area contributed by atoms with E-state index in [4.69, 9.17) is 10.5 Å². The number of esters is 1. The zero-order chi connectivity index (χ0) is 11.3. The van der Waals surface area contributed by atoms with Crippen LogP contribution >= 0.6 is 22.6 Å². The van der Waals surface area contributed by atoms with E-state index in [-0.39, 0.29) is 5.97 Å². The normalized spacial score (nSPS) is 12.5. The second kappa shape index (κ2) is 6.06. The molecule has 1 unspecified atom stereocenters. The van der Waals surface area contributed by atoms with E-state index in [1.807, 2.05) is 6.20 Å². The first-order valence-corrected chi connectivity index (χ1v) is 5.81. The summed E-state index contributed by atoms with van der Waals surface area (Å²) in [5, 5.41) is 4.09. The van der Waals surface area contributed by atoms with E-state index in [2.05, 4.69) is 27.7 Å². The number of carbonyl (C=O) groups is 1. The highest BCUT2D eigenvalue weighted by molar-refractivity contribution is 14.1. The van der Waals surface area contributed by atoms with Gasteiger partial charge in [-0.3, -0.25) is 9.48 Å². The number of ether oxygens (including phenoxy) is 1. The maximum absolute atomic E-state index is 11.2. The summed E-state index contributed by atoms with van der Waals surface area (Å²) in [4.78, 5) is 11.2. The minimum absolute atomic E-state index is 0.348. The van der Waals surface area contributed by atoms with Crippen LogP contribution in [0.1, 0.15) is 13.3 Å². The lowest BCUT2D eigenvalue weighted by Gasteiger charge is -2.09. The van der Waals surface area contributed by atoms with Crippen molar-refractivity contribution in [3.8, 4) is 0 Å². The molecule has 1 heterocycles. The molecule has 0 fully saturated rings. The summed E-state index contributed by atoms with van der Waals surface area (Å²) in [6, 6.07) is -0.563. The Hall–Kier alpha value is -0.630. The van der Waals surface area contributed by atoms with E-state index < -0.39 is 6.04 Å². The number of hydrogen-bond donors (Lipinski definition) is 1. The lowest BCUT2D eigenvalue weighted by atomic mass is 10.2. The monoisotopic (exact) mass is 323 g/mol. The fourth-order valence-electron chi connectivity index (χ4n) is 1.10. The second-order valence-electron chi connectivity index (χ2n) is 3.07. The van der Waals surface area contributed by atoms with Gasteiger partial charge in [0.2, 0.25) is 0 Å². The number of aryl methyl sites for hydroxylation is 1. The van der Waals surface area contributed by atoms with Crippen molar-refractivity contribution in [3.05, 3.63) is 16.0 Å². The summed E-state index contributed by atoms with van der Waals surface area (Å²) in [7, 11) is 0. The van der Waals surface area contributed by atoms with Crippen LogP contribution in [-0.2, 0) is 16.1 Å². The molecule has 0 bridgehead atoms. The van der Waals surface area contributed by atoms with Gasteiger partial charge in [0, 0.05) is 12.7 Å². The first-order valence-electron chi connectivity index (χ1n) is 4.73. The first kappa shape index (κ1) is 12.4. The predicted octanol–water partition coefficient (Wildman–Crippen LogP) is 0.768. The van der Waals surface area contributed by atoms with Crippen molar-refractivity contribution < 1.29 is 9.53 Å². The quantitative estimate of drug-likeness (QED) is 0.642. The van der Waals surface area contributed by atoms with Crippen LogP contribution in [0.2, 0.25) is 0 Å². The van der Waals surface area contributed by atoms with E-state index in [0.29, 0.717) is 19.6 Å². The third-order valence-electron chi connectivity index (χ3n) is 1.86. The lowest BCUT2D eigenvalue weighted by Crippen LogP contribution is -2.33. The smallest absolute Gasteiger partial charge is 0.322 e. The van der Waals surface area contributed by atoms with Crippen molar-refractivity contribution in [2.24, 2.45) is 5.73 Å². The molecule has 0 saturated heterocycles. The molecule has 0 radical (unpaired) electrons. The van der Waals surface area contributed by atoms with Crippen LogP contribution in [0.4, 0.5) is 0 Å². The van der Waals surface area contributed by atoms with Gasteiger partial charge >= 0.3 is 5.97 Å². The van der Waals surface area contributed by atoms with Crippen LogP contribution in [-0.4, -0.2) is 28.4 Å². The van der Waals surface area contributed by atoms with Gasteiger partial charge in [-0.05, 0) is 35.9 Å². The topological polar surface area (TPSA) is 70.1 Å². The van der Waals surface area contributed by atoms with Crippen molar-refractivity contribution in [1.82, 2.24) is 9.78 Å². The highest BCUT2D eigenvalue weighted by Gasteiger charge is 2.14. The van der Waals surface area contributed by atoms with Crippen LogP contribution in [0.25, 0.3) is 0 Å². The molecule has 0 amide bonds. The summed E-state index contributed by atoms with van der Waals surface area (Å²) in [5.41, 5.74) is 5.64. The Morgan fingerprint density at radius 3 is 3.07 bits per heavy atom. The Labute approximate surface area is 102 Å². The molecule has 1 rings (SSSR count). The summed E-state index contributed by atoms with van der Waals surface area (Å²) >= 11 is 2.18. The van der Waals surface area contributed by atoms with Crippen LogP contribution in [0.3, 0.4) is 0 Å². The summed E-state index contributed by atoms with van der Waals surface area (Å²) in [5.74, 6) is -0.348. The van der Waals surface area contributed by atoms with Gasteiger partial charge in [-0.1, -0.05) is 0 Å². The Balaban J connectivity index is 2.33. The largest absolute Gasteiger partial charge is 0.465 e. The molecule has 0 aromatic carbocycles. The van der Waals surface area contributed by atoms with E-state index in [9.17, 15) is 4.79 Å². The molecule has 0 saturated carbocycles. The van der Waals surface area contributed by atoms with E-state index in [0.717, 1.165) is 3.57 Å². The molecule has 2 N–H and O–H groups in total. The summed E-state index contributed by atoms with van der Waals surface area (Å²) < 4.78 is 7.63. The van der Waals surface area contributed by atoms with Gasteiger partial charge in [0.25, 0.3) is 0 Å². The second-order valence-corrected chi connectivity index (χ2v) is 4.31. The van der Waals surface area contributed by atoms with Gasteiger partial charge in [-0.2, -0.15) is 5.10 Å². The maximum Gasteiger partial charge on any atom is 0.322 e. The third kappa shape index (κ3) is 4.17. The van der Waals surface area contributed by atoms with Crippen molar-refractivity contribution in [2.75, 3.05) is 6.61 Å². The van der Waals surface area contributed by atoms with Crippen molar-refractivity contribution in [1.29, 1.82) is 0 Å². The fourth-order valence-corrected chi connectivity index (χ4v) is 1.55. The lowest BCUT2D eigenvalue weighted by molar-refractivity contribution is -0.144. The molecule has 0 spiro atoms. The standard InChI is InChI=1S/C9H14IN3O2/c1-2-15-9(14)8(11)3-4-13-6-7(10)5-12-13/h5-6,8H,2-4,11H2,1H3. The molecule has 1 aromatic rings. The average Bonchev–Trinajstić information content (AvgIpc) is 2.61. The maximum atomic E-state index is 11.2. The Morgan fingerprint density at radius 1 is 1.80 bits per heavy atom. The number of nitrogens with two attached hydrogens (primary N) is 1. The van der Waals surface area contributed by atoms with Crippen molar-refractivity contribution in [2.45, 2.75) is 25.9 Å². The van der Waals surface area contributed by atoms with E-state index >= 15 is 0 Å². The molecular weight excluding hydrogens is 309 g/mol. The van der Waals surface area contributed by atoms with Crippen LogP contribution in [0, 0.1) is 3.57 Å². The minimum Gasteiger partial charge on any atom is -0.465 e. The number of halogens is 1. The fraction of sp³-hybridized carbons (Fsp3) is 0.556. The molecule has 15 heavy (non-hydrogen) atoms. The Bertz CT molecular complexity index is 327. The average molecular weight is 323 g/mol. The third-order valence-corrected chi connectivity index (χ3v) is 2.42. The number of aromatic nitrogens is 2. The van der Waals surface area contributed by atoms with Gasteiger partial charge in [-0.25, -0.2) is 0 Å². The van der Waals surface area contributed by atoms with E-state index in [1.54, 1.807) is 17.8 Å². The van der Waals surface area contributed by atoms with E-state index in [1.165, 1.54) is 0 Å². The van der Waals surface area contributed by atoms with Crippen LogP contribution in [0.15, 0.2) is 12.4 Å². The van der Waals surface area contributed by atoms with Crippen LogP contribution < -0.4 is 5.73 Å². The summed E-state index contributed by atoms with van der Waals surface area (Å²) in [6.07, 6.45) is 4.20. The molecule has 0 aliphatic carbocycles. The van der Waals surface area contributed by atoms with Crippen LogP contribution in [0.5, 0.6) is 0 Å². The zero-order valence-corrected chi connectivity index (χ0v) is 10.7. The number of hydrogen-bond acceptors (Lipinski definition) is 4. The molecule has 1 atom stereocenters. The van der Waals surface area contributed by atoms with Gasteiger partial charge in [0.05, 0.1) is 16.4 Å². The Morgan fingerprint density at radius 2 is 2.53 bits per heavy atom. The number of rotatable bonds is 5. The number of carbonyl (C=O) groups excluding carboxylic acids is 1. The van der Waals surface area contributed by atoms with Gasteiger partial charge < -0.3 is 10.5 Å². The SMILES string of the molecule is CCOC(=O)C(N)CCn1cc(I)cn1. The predicted molar refractivity (Wildman–Crippen MR) is 64.2 cm³/mol. The van der Waals surface area contributed by atoms with Gasteiger partial charge in [-0.15, -0.1) is 0 Å². The van der Waals surface area contributed by atoms with Crippen molar-refractivity contribution in [3.63, 3.8) is 0 Å². The molecule has 6 heteroatoms. The molecule has 0 aliphatic heterocycles. The molecule has 5 nitrogen and oxygen atoms in total. The van der Waals surface area contributed by atoms with Crippen molar-refractivity contribution >= 4 is 28.6 Å². The first-order chi connectivity index (χ1) is 7.13. The molecule has 1 aromatic heterocycles. The highest BCUT2D eigenvalue weighted by Crippen LogP contribution is 2.03. The molecule has 84 valence electrons. The number of nitrogens with zero attached hydrogens (tertiary/aromatic N) is 2. The molecule has 0 aliphatic rings. The zero-order valence-electron chi connectivity index (χ0n) is 8.52. The van der Waals surface area contributed by atoms with Gasteiger partial charge in [0.15, 0.2) is 0 Å². The minimum atomic E-state index is -0.563.